The van der Waals surface area contributed by atoms with Crippen molar-refractivity contribution in [2.75, 3.05) is 0 Å². The molecule has 18 aromatic rings. The van der Waals surface area contributed by atoms with Crippen LogP contribution >= 0.6 is 0 Å². The number of benzene rings is 1. The van der Waals surface area contributed by atoms with Crippen LogP contribution in [-0.4, -0.2) is 127 Å². The lowest BCUT2D eigenvalue weighted by Crippen LogP contribution is -2.14. The minimum absolute atomic E-state index is 0.0632. The standard InChI is InChI=1S/C12H15N.2C11H14N2.3C10H13N3.3C9H12N4/c1-12(2,3)10-5-4-9-6-7-13-11(9)8-10;1-11(2,3)9-4-6-13-7-5-12-10(13)8-9;1-11(2,3)9-4-5-10-12-6-7-13(10)8-9;1-10(2,3)8-4-5-13-7-11-12-9(13)6-8;1-10(2,3)8-4-5-13-9(6-8)11-7-12-13;1-10(2,3)8-4-5-9-11-6-7-13(9)12-8;1-9(2,3)7-4-8-12-11-6-13(8)5-10-7;1-9(2,3)7-4-8-12-10-6-13(8)11-5-7;1-9(2,3)7-4-5-13-8(12-7)10-6-11-13/h4-8,13H,1-3H3;2*4-8H,1-3H3;3*4-7H,1-3H3;3*4-6H,1-3H3. The summed E-state index contributed by atoms with van der Waals surface area (Å²) < 4.78 is 14.7. The maximum Gasteiger partial charge on any atom is 0.252 e. The second-order valence-corrected chi connectivity index (χ2v) is 38.3. The number of pyridine rings is 4. The first-order chi connectivity index (χ1) is 54.6. The van der Waals surface area contributed by atoms with Crippen LogP contribution in [0.1, 0.15) is 237 Å². The maximum absolute atomic E-state index is 4.46. The third-order valence-corrected chi connectivity index (χ3v) is 19.2. The molecule has 0 aliphatic rings. The lowest BCUT2D eigenvalue weighted by Gasteiger charge is -2.18. The minimum atomic E-state index is 0.0632. The van der Waals surface area contributed by atoms with Crippen molar-refractivity contribution in [3.8, 4) is 0 Å². The topological polar surface area (TPSA) is 270 Å². The zero-order valence-corrected chi connectivity index (χ0v) is 73.5. The van der Waals surface area contributed by atoms with E-state index in [0.717, 1.165) is 56.6 Å². The van der Waals surface area contributed by atoms with Crippen molar-refractivity contribution in [2.45, 2.75) is 236 Å². The number of aromatic amines is 1. The molecule has 0 unspecified atom stereocenters. The molecule has 0 aliphatic heterocycles. The lowest BCUT2D eigenvalue weighted by molar-refractivity contribution is 0.554. The summed E-state index contributed by atoms with van der Waals surface area (Å²) in [4.78, 5) is 32.7. The molecule has 26 nitrogen and oxygen atoms in total. The van der Waals surface area contributed by atoms with Crippen LogP contribution in [0.3, 0.4) is 0 Å². The smallest absolute Gasteiger partial charge is 0.252 e. The molecule has 0 spiro atoms. The Kier molecular flexibility index (Phi) is 26.0. The second-order valence-electron chi connectivity index (χ2n) is 38.3. The number of nitrogens with one attached hydrogen (secondary N) is 1. The monoisotopic (exact) mass is 1580 g/mol. The molecule has 0 atom stereocenters. The van der Waals surface area contributed by atoms with Crippen LogP contribution in [-0.2, 0) is 48.7 Å². The van der Waals surface area contributed by atoms with E-state index >= 15 is 0 Å². The van der Waals surface area contributed by atoms with E-state index in [-0.39, 0.29) is 48.7 Å². The second kappa shape index (κ2) is 35.0. The summed E-state index contributed by atoms with van der Waals surface area (Å²) in [6.45, 7) is 58.8. The van der Waals surface area contributed by atoms with Gasteiger partial charge in [-0.25, -0.2) is 48.0 Å². The highest BCUT2D eigenvalue weighted by molar-refractivity contribution is 5.80. The van der Waals surface area contributed by atoms with Crippen molar-refractivity contribution in [1.82, 2.24) is 127 Å². The third-order valence-electron chi connectivity index (χ3n) is 19.2. The van der Waals surface area contributed by atoms with Gasteiger partial charge in [0.1, 0.15) is 49.3 Å². The highest BCUT2D eigenvalue weighted by Gasteiger charge is 2.22. The maximum atomic E-state index is 4.46. The number of aromatic nitrogens is 26. The first-order valence-electron chi connectivity index (χ1n) is 39.5. The van der Waals surface area contributed by atoms with Gasteiger partial charge in [0.2, 0.25) is 0 Å². The molecule has 117 heavy (non-hydrogen) atoms. The molecule has 1 N–H and O–H groups in total. The number of rotatable bonds is 0. The molecule has 0 saturated heterocycles. The summed E-state index contributed by atoms with van der Waals surface area (Å²) in [7, 11) is 0. The summed E-state index contributed by atoms with van der Waals surface area (Å²) in [6, 6.07) is 35.5. The van der Waals surface area contributed by atoms with E-state index < -0.39 is 0 Å². The van der Waals surface area contributed by atoms with Crippen molar-refractivity contribution in [1.29, 1.82) is 0 Å². The van der Waals surface area contributed by atoms with Gasteiger partial charge < -0.3 is 13.8 Å². The number of hydrogen-bond acceptors (Lipinski definition) is 17. The molecule has 17 aromatic heterocycles. The van der Waals surface area contributed by atoms with E-state index in [1.165, 1.54) is 50.6 Å². The van der Waals surface area contributed by atoms with E-state index in [9.17, 15) is 0 Å². The van der Waals surface area contributed by atoms with Gasteiger partial charge in [0.15, 0.2) is 28.2 Å². The van der Waals surface area contributed by atoms with Crippen LogP contribution in [0.25, 0.3) is 56.2 Å². The minimum Gasteiger partial charge on any atom is -0.361 e. The summed E-state index contributed by atoms with van der Waals surface area (Å²) in [5.74, 6) is 0.660. The van der Waals surface area contributed by atoms with Gasteiger partial charge >= 0.3 is 0 Å². The molecule has 0 fully saturated rings. The molecule has 0 amide bonds. The predicted octanol–water partition coefficient (Wildman–Crippen LogP) is 19.1. The average molecular weight is 1580 g/mol. The lowest BCUT2D eigenvalue weighted by atomic mass is 9.87. The van der Waals surface area contributed by atoms with E-state index in [0.29, 0.717) is 5.78 Å². The zero-order chi connectivity index (χ0) is 85.3. The molecule has 26 heteroatoms. The molecule has 18 rings (SSSR count). The Labute approximate surface area is 686 Å². The van der Waals surface area contributed by atoms with E-state index in [4.69, 9.17) is 0 Å². The van der Waals surface area contributed by atoms with Crippen molar-refractivity contribution < 1.29 is 0 Å². The fourth-order valence-corrected chi connectivity index (χ4v) is 11.4. The Morgan fingerprint density at radius 3 is 1.42 bits per heavy atom. The summed E-state index contributed by atoms with van der Waals surface area (Å²) in [5.41, 5.74) is 19.9. The number of nitrogens with zero attached hydrogens (tertiary/aromatic N) is 25. The molecule has 612 valence electrons. The summed E-state index contributed by atoms with van der Waals surface area (Å²) in [5, 5.41) is 41.3. The van der Waals surface area contributed by atoms with E-state index in [1.54, 1.807) is 60.3 Å². The summed E-state index contributed by atoms with van der Waals surface area (Å²) in [6.07, 6.45) is 34.9. The van der Waals surface area contributed by atoms with Gasteiger partial charge in [-0.2, -0.15) is 25.4 Å². The van der Waals surface area contributed by atoms with Crippen LogP contribution in [0.15, 0.2) is 222 Å². The van der Waals surface area contributed by atoms with Crippen molar-refractivity contribution in [2.24, 2.45) is 0 Å². The molecule has 0 aliphatic carbocycles. The average Bonchev–Trinajstić information content (AvgIpc) is 1.82. The van der Waals surface area contributed by atoms with Gasteiger partial charge in [0.25, 0.3) is 5.78 Å². The first kappa shape index (κ1) is 87.0. The molecule has 1 aromatic carbocycles. The normalized spacial score (nSPS) is 12.2. The van der Waals surface area contributed by atoms with E-state index in [1.807, 2.05) is 101 Å². The Morgan fingerprint density at radius 2 is 0.778 bits per heavy atom. The SMILES string of the molecule is CC(C)(C)c1cc2nncn2cn1.CC(C)(C)c1ccc2cc[nH]c2c1.CC(C)(C)c1ccc2nccn2c1.CC(C)(C)c1ccc2nccn2n1.CC(C)(C)c1ccn2ccnc2c1.CC(C)(C)c1ccn2cnnc2c1.CC(C)(C)c1ccn2ncnc2c1.CC(C)(C)c1ccn2ncnc2n1.CC(C)(C)c1cnn2cnnc2c1. The Balaban J connectivity index is 0.000000139. The zero-order valence-electron chi connectivity index (χ0n) is 73.5. The molecule has 0 saturated carbocycles. The van der Waals surface area contributed by atoms with Gasteiger partial charge in [0.05, 0.1) is 23.3 Å². The molecular weight excluding hydrogens is 1460 g/mol. The highest BCUT2D eigenvalue weighted by atomic mass is 15.3. The van der Waals surface area contributed by atoms with Gasteiger partial charge in [-0.15, -0.1) is 30.6 Å². The number of H-pyrrole nitrogens is 1. The Hall–Kier alpha value is -12.4. The Morgan fingerprint density at radius 1 is 0.282 bits per heavy atom. The van der Waals surface area contributed by atoms with Crippen LogP contribution in [0.5, 0.6) is 0 Å². The van der Waals surface area contributed by atoms with Crippen LogP contribution < -0.4 is 0 Å². The van der Waals surface area contributed by atoms with Crippen molar-refractivity contribution in [3.05, 3.63) is 272 Å². The molecule has 0 radical (unpaired) electrons. The Bertz CT molecular complexity index is 5000. The first-order valence-corrected chi connectivity index (χ1v) is 39.5. The predicted molar refractivity (Wildman–Crippen MR) is 468 cm³/mol. The fraction of sp³-hybridized carbons (Fsp3) is 0.396. The van der Waals surface area contributed by atoms with E-state index in [2.05, 4.69) is 367 Å². The van der Waals surface area contributed by atoms with Crippen molar-refractivity contribution in [3.63, 3.8) is 0 Å². The number of imidazole rings is 3. The highest BCUT2D eigenvalue weighted by Crippen LogP contribution is 2.30. The fourth-order valence-electron chi connectivity index (χ4n) is 11.4. The molecule has 17 heterocycles. The van der Waals surface area contributed by atoms with Gasteiger partial charge in [0, 0.05) is 102 Å². The summed E-state index contributed by atoms with van der Waals surface area (Å²) >= 11 is 0. The largest absolute Gasteiger partial charge is 0.361 e. The van der Waals surface area contributed by atoms with Crippen LogP contribution in [0.2, 0.25) is 0 Å². The number of hydrogen-bond donors (Lipinski definition) is 1. The van der Waals surface area contributed by atoms with Crippen LogP contribution in [0, 0.1) is 0 Å². The third kappa shape index (κ3) is 23.7. The van der Waals surface area contributed by atoms with Gasteiger partial charge in [-0.05, 0) is 150 Å². The van der Waals surface area contributed by atoms with Crippen LogP contribution in [0.4, 0.5) is 0 Å². The van der Waals surface area contributed by atoms with Gasteiger partial charge in [-0.3, -0.25) is 8.80 Å². The molecule has 0 bridgehead atoms. The molecular formula is C91H118N26. The number of fused-ring (bicyclic) bond motifs is 9. The quantitative estimate of drug-likeness (QED) is 0.148. The van der Waals surface area contributed by atoms with Gasteiger partial charge in [-0.1, -0.05) is 205 Å². The van der Waals surface area contributed by atoms with Crippen molar-refractivity contribution >= 4 is 56.2 Å².